The number of phenolic OH excluding ortho intramolecular Hbond substituents is 2. The van der Waals surface area contributed by atoms with Crippen LogP contribution in [0.4, 0.5) is 5.69 Å². The van der Waals surface area contributed by atoms with Gasteiger partial charge in [-0.05, 0) is 57.1 Å². The lowest BCUT2D eigenvalue weighted by atomic mass is 9.94. The highest BCUT2D eigenvalue weighted by molar-refractivity contribution is 5.56. The minimum atomic E-state index is -0.586. The fourth-order valence-electron chi connectivity index (χ4n) is 2.34. The predicted molar refractivity (Wildman–Crippen MR) is 92.6 cm³/mol. The zero-order valence-corrected chi connectivity index (χ0v) is 14.7. The third-order valence-electron chi connectivity index (χ3n) is 4.13. The van der Waals surface area contributed by atoms with Crippen LogP contribution in [0.3, 0.4) is 0 Å². The number of aromatic hydroxyl groups is 2. The Labute approximate surface area is 139 Å². The van der Waals surface area contributed by atoms with Crippen LogP contribution in [0, 0.1) is 5.92 Å². The Morgan fingerprint density at radius 3 is 2.35 bits per heavy atom. The van der Waals surface area contributed by atoms with E-state index in [0.717, 1.165) is 12.0 Å². The Kier molecular flexibility index (Phi) is 7.16. The van der Waals surface area contributed by atoms with Gasteiger partial charge in [-0.25, -0.2) is 0 Å². The van der Waals surface area contributed by atoms with Crippen LogP contribution in [-0.4, -0.2) is 33.6 Å². The minimum Gasteiger partial charge on any atom is -0.504 e. The molecule has 0 bridgehead atoms. The highest BCUT2D eigenvalue weighted by Gasteiger charge is 2.28. The van der Waals surface area contributed by atoms with E-state index in [1.165, 1.54) is 12.1 Å². The molecule has 0 saturated heterocycles. The van der Waals surface area contributed by atoms with Gasteiger partial charge in [-0.3, -0.25) is 0 Å². The molecule has 0 spiro atoms. The summed E-state index contributed by atoms with van der Waals surface area (Å²) in [5.74, 6) is 0.186. The minimum absolute atomic E-state index is 0.174. The molecule has 0 fully saturated rings. The SMILES string of the molecule is CC(C)CCOC(C)(C)C(O)CCCc1cc(O)c(O)cc1N. The van der Waals surface area contributed by atoms with Gasteiger partial charge in [0.1, 0.15) is 0 Å². The number of aliphatic hydroxyl groups is 1. The molecule has 1 rings (SSSR count). The van der Waals surface area contributed by atoms with E-state index in [1.807, 2.05) is 13.8 Å². The number of nitrogens with two attached hydrogens (primary N) is 1. The summed E-state index contributed by atoms with van der Waals surface area (Å²) in [7, 11) is 0. The lowest BCUT2D eigenvalue weighted by Crippen LogP contribution is -2.39. The Balaban J connectivity index is 2.46. The average molecular weight is 325 g/mol. The van der Waals surface area contributed by atoms with Gasteiger partial charge < -0.3 is 25.8 Å². The van der Waals surface area contributed by atoms with Crippen molar-refractivity contribution < 1.29 is 20.1 Å². The van der Waals surface area contributed by atoms with Crippen LogP contribution in [0.1, 0.15) is 52.5 Å². The van der Waals surface area contributed by atoms with Crippen LogP contribution in [0.15, 0.2) is 12.1 Å². The monoisotopic (exact) mass is 325 g/mol. The van der Waals surface area contributed by atoms with E-state index >= 15 is 0 Å². The zero-order chi connectivity index (χ0) is 17.6. The summed E-state index contributed by atoms with van der Waals surface area (Å²) in [6.45, 7) is 8.73. The number of rotatable bonds is 9. The Hall–Kier alpha value is -1.46. The average Bonchev–Trinajstić information content (AvgIpc) is 2.43. The smallest absolute Gasteiger partial charge is 0.159 e. The van der Waals surface area contributed by atoms with Crippen molar-refractivity contribution in [2.24, 2.45) is 5.92 Å². The van der Waals surface area contributed by atoms with Crippen molar-refractivity contribution in [2.75, 3.05) is 12.3 Å². The quantitative estimate of drug-likeness (QED) is 0.318. The number of benzene rings is 1. The zero-order valence-electron chi connectivity index (χ0n) is 14.7. The summed E-state index contributed by atoms with van der Waals surface area (Å²) < 4.78 is 5.82. The first-order valence-electron chi connectivity index (χ1n) is 8.26. The number of anilines is 1. The summed E-state index contributed by atoms with van der Waals surface area (Å²) in [5, 5.41) is 29.3. The largest absolute Gasteiger partial charge is 0.504 e. The van der Waals surface area contributed by atoms with Gasteiger partial charge in [0.05, 0.1) is 11.7 Å². The lowest BCUT2D eigenvalue weighted by Gasteiger charge is -2.31. The third kappa shape index (κ3) is 6.28. The number of aliphatic hydroxyl groups excluding tert-OH is 1. The van der Waals surface area contributed by atoms with E-state index in [2.05, 4.69) is 13.8 Å². The number of hydrogen-bond acceptors (Lipinski definition) is 5. The van der Waals surface area contributed by atoms with E-state index in [1.54, 1.807) is 0 Å². The first-order valence-corrected chi connectivity index (χ1v) is 8.26. The molecular formula is C18H31NO4. The molecule has 0 aromatic heterocycles. The highest BCUT2D eigenvalue weighted by Crippen LogP contribution is 2.31. The molecule has 0 saturated carbocycles. The molecule has 1 atom stereocenters. The lowest BCUT2D eigenvalue weighted by molar-refractivity contribution is -0.105. The van der Waals surface area contributed by atoms with Crippen molar-refractivity contribution in [1.82, 2.24) is 0 Å². The molecule has 0 aliphatic carbocycles. The van der Waals surface area contributed by atoms with E-state index < -0.39 is 11.7 Å². The molecule has 5 N–H and O–H groups in total. The standard InChI is InChI=1S/C18H31NO4/c1-12(2)8-9-23-18(3,4)17(22)7-5-6-13-10-15(20)16(21)11-14(13)19/h10-12,17,20-22H,5-9,19H2,1-4H3. The normalized spacial score (nSPS) is 13.5. The van der Waals surface area contributed by atoms with E-state index in [4.69, 9.17) is 10.5 Å². The van der Waals surface area contributed by atoms with E-state index in [-0.39, 0.29) is 11.5 Å². The Morgan fingerprint density at radius 1 is 1.13 bits per heavy atom. The summed E-state index contributed by atoms with van der Waals surface area (Å²) in [5.41, 5.74) is 6.46. The van der Waals surface area contributed by atoms with E-state index in [0.29, 0.717) is 37.5 Å². The van der Waals surface area contributed by atoms with Gasteiger partial charge in [-0.1, -0.05) is 13.8 Å². The Bertz CT molecular complexity index is 500. The number of ether oxygens (including phenoxy) is 1. The molecule has 0 amide bonds. The fraction of sp³-hybridized carbons (Fsp3) is 0.667. The molecule has 1 aromatic rings. The van der Waals surface area contributed by atoms with Gasteiger partial charge >= 0.3 is 0 Å². The van der Waals surface area contributed by atoms with Crippen molar-refractivity contribution in [3.63, 3.8) is 0 Å². The maximum Gasteiger partial charge on any atom is 0.159 e. The topological polar surface area (TPSA) is 95.9 Å². The van der Waals surface area contributed by atoms with Gasteiger partial charge in [-0.2, -0.15) is 0 Å². The molecule has 0 aliphatic rings. The molecule has 5 heteroatoms. The van der Waals surface area contributed by atoms with Crippen LogP contribution in [0.25, 0.3) is 0 Å². The Morgan fingerprint density at radius 2 is 1.74 bits per heavy atom. The van der Waals surface area contributed by atoms with Crippen molar-refractivity contribution >= 4 is 5.69 Å². The number of hydrogen-bond donors (Lipinski definition) is 4. The molecule has 132 valence electrons. The van der Waals surface area contributed by atoms with Gasteiger partial charge in [0, 0.05) is 18.4 Å². The molecule has 1 unspecified atom stereocenters. The van der Waals surface area contributed by atoms with Crippen molar-refractivity contribution in [3.8, 4) is 11.5 Å². The number of phenols is 2. The van der Waals surface area contributed by atoms with Crippen molar-refractivity contribution in [3.05, 3.63) is 17.7 Å². The third-order valence-corrected chi connectivity index (χ3v) is 4.13. The first-order chi connectivity index (χ1) is 10.6. The summed E-state index contributed by atoms with van der Waals surface area (Å²) in [4.78, 5) is 0. The van der Waals surface area contributed by atoms with Crippen LogP contribution < -0.4 is 5.73 Å². The van der Waals surface area contributed by atoms with Gasteiger partial charge in [-0.15, -0.1) is 0 Å². The molecule has 0 radical (unpaired) electrons. The van der Waals surface area contributed by atoms with E-state index in [9.17, 15) is 15.3 Å². The van der Waals surface area contributed by atoms with Crippen molar-refractivity contribution in [1.29, 1.82) is 0 Å². The molecule has 5 nitrogen and oxygen atoms in total. The fourth-order valence-corrected chi connectivity index (χ4v) is 2.34. The maximum absolute atomic E-state index is 10.3. The second-order valence-electron chi connectivity index (χ2n) is 7.08. The number of aryl methyl sites for hydroxylation is 1. The van der Waals surface area contributed by atoms with Crippen LogP contribution in [-0.2, 0) is 11.2 Å². The molecule has 0 aliphatic heterocycles. The summed E-state index contributed by atoms with van der Waals surface area (Å²) >= 11 is 0. The predicted octanol–water partition coefficient (Wildman–Crippen LogP) is 3.20. The van der Waals surface area contributed by atoms with Crippen LogP contribution in [0.2, 0.25) is 0 Å². The van der Waals surface area contributed by atoms with Gasteiger partial charge in [0.2, 0.25) is 0 Å². The summed E-state index contributed by atoms with van der Waals surface area (Å²) in [6.07, 6.45) is 2.32. The summed E-state index contributed by atoms with van der Waals surface area (Å²) in [6, 6.07) is 2.82. The van der Waals surface area contributed by atoms with Crippen LogP contribution in [0.5, 0.6) is 11.5 Å². The molecule has 1 aromatic carbocycles. The second kappa shape index (κ2) is 8.41. The van der Waals surface area contributed by atoms with Gasteiger partial charge in [0.25, 0.3) is 0 Å². The van der Waals surface area contributed by atoms with Crippen molar-refractivity contribution in [2.45, 2.75) is 65.1 Å². The number of nitrogen functional groups attached to an aromatic ring is 1. The van der Waals surface area contributed by atoms with Crippen LogP contribution >= 0.6 is 0 Å². The molecule has 23 heavy (non-hydrogen) atoms. The molecular weight excluding hydrogens is 294 g/mol. The maximum atomic E-state index is 10.3. The highest BCUT2D eigenvalue weighted by atomic mass is 16.5. The first kappa shape index (κ1) is 19.6. The van der Waals surface area contributed by atoms with Gasteiger partial charge in [0.15, 0.2) is 11.5 Å². The second-order valence-corrected chi connectivity index (χ2v) is 7.08. The molecule has 0 heterocycles.